The molecule has 0 fully saturated rings. The molecule has 0 unspecified atom stereocenters. The number of pyridine rings is 2. The Morgan fingerprint density at radius 3 is 2.60 bits per heavy atom. The van der Waals surface area contributed by atoms with Gasteiger partial charge in [-0.1, -0.05) is 26.8 Å². The quantitative estimate of drug-likeness (QED) is 0.366. The number of hydrogen-bond donors (Lipinski definition) is 1. The van der Waals surface area contributed by atoms with Gasteiger partial charge in [0.05, 0.1) is 30.6 Å². The van der Waals surface area contributed by atoms with E-state index in [4.69, 9.17) is 9.72 Å². The van der Waals surface area contributed by atoms with Gasteiger partial charge in [-0.2, -0.15) is 0 Å². The average molecular weight is 489 g/mol. The smallest absolute Gasteiger partial charge is 0.260 e. The van der Waals surface area contributed by atoms with Crippen LogP contribution in [0.4, 0.5) is 5.69 Å². The summed E-state index contributed by atoms with van der Waals surface area (Å²) in [6.45, 7) is 6.10. The highest BCUT2D eigenvalue weighted by molar-refractivity contribution is 7.13. The summed E-state index contributed by atoms with van der Waals surface area (Å²) in [7, 11) is 1.64. The maximum Gasteiger partial charge on any atom is 0.260 e. The standard InChI is InChI=1S/C27H28N4O3S/c1-5-18-12-22(34-4)7-6-20(18)14-31-15-21(29-25(32)17(2)3)13-23(27(31)33)24-16-35-26(30-24)19-8-10-28-11-9-19/h6-13,15-17H,5,14H2,1-4H3,(H,29,32). The Morgan fingerprint density at radius 1 is 1.14 bits per heavy atom. The molecule has 4 rings (SSSR count). The van der Waals surface area contributed by atoms with E-state index in [9.17, 15) is 9.59 Å². The Bertz CT molecular complexity index is 1390. The molecule has 4 aromatic rings. The molecule has 8 heteroatoms. The fourth-order valence-electron chi connectivity index (χ4n) is 3.71. The normalized spacial score (nSPS) is 11.0. The number of aromatic nitrogens is 3. The Morgan fingerprint density at radius 2 is 1.91 bits per heavy atom. The molecule has 0 aliphatic heterocycles. The van der Waals surface area contributed by atoms with Crippen molar-refractivity contribution in [1.82, 2.24) is 14.5 Å². The Labute approximate surface area is 208 Å². The van der Waals surface area contributed by atoms with Crippen LogP contribution in [0.15, 0.2) is 65.2 Å². The van der Waals surface area contributed by atoms with Gasteiger partial charge in [0, 0.05) is 35.5 Å². The van der Waals surface area contributed by atoms with Crippen LogP contribution in [-0.4, -0.2) is 27.6 Å². The number of aryl methyl sites for hydroxylation is 1. The zero-order chi connectivity index (χ0) is 24.9. The summed E-state index contributed by atoms with van der Waals surface area (Å²) < 4.78 is 7.00. The number of rotatable bonds is 8. The third-order valence-corrected chi connectivity index (χ3v) is 6.61. The molecular weight excluding hydrogens is 460 g/mol. The molecule has 0 aliphatic rings. The maximum atomic E-state index is 13.6. The number of thiazole rings is 1. The van der Waals surface area contributed by atoms with E-state index in [1.54, 1.807) is 36.3 Å². The van der Waals surface area contributed by atoms with Crippen LogP contribution >= 0.6 is 11.3 Å². The second-order valence-corrected chi connectivity index (χ2v) is 9.34. The number of methoxy groups -OCH3 is 1. The molecule has 0 atom stereocenters. The summed E-state index contributed by atoms with van der Waals surface area (Å²) in [5, 5.41) is 5.61. The Balaban J connectivity index is 1.79. The first-order chi connectivity index (χ1) is 16.9. The summed E-state index contributed by atoms with van der Waals surface area (Å²) in [4.78, 5) is 34.8. The lowest BCUT2D eigenvalue weighted by atomic mass is 10.0. The lowest BCUT2D eigenvalue weighted by molar-refractivity contribution is -0.118. The molecule has 1 aromatic carbocycles. The molecule has 0 aliphatic carbocycles. The van der Waals surface area contributed by atoms with Gasteiger partial charge in [0.25, 0.3) is 5.56 Å². The van der Waals surface area contributed by atoms with Crippen LogP contribution in [0.25, 0.3) is 21.8 Å². The van der Waals surface area contributed by atoms with E-state index < -0.39 is 0 Å². The third kappa shape index (κ3) is 5.49. The maximum absolute atomic E-state index is 13.6. The summed E-state index contributed by atoms with van der Waals surface area (Å²) in [6.07, 6.45) is 5.93. The SMILES string of the molecule is CCc1cc(OC)ccc1Cn1cc(NC(=O)C(C)C)cc(-c2csc(-c3ccncc3)n2)c1=O. The van der Waals surface area contributed by atoms with Gasteiger partial charge in [0.15, 0.2) is 0 Å². The summed E-state index contributed by atoms with van der Waals surface area (Å²) in [6, 6.07) is 11.3. The van der Waals surface area contributed by atoms with Gasteiger partial charge in [0.1, 0.15) is 10.8 Å². The zero-order valence-corrected chi connectivity index (χ0v) is 21.1. The number of carbonyl (C=O) groups is 1. The number of hydrogen-bond acceptors (Lipinski definition) is 6. The molecule has 0 saturated carbocycles. The number of nitrogens with zero attached hydrogens (tertiary/aromatic N) is 3. The monoisotopic (exact) mass is 488 g/mol. The number of nitrogens with one attached hydrogen (secondary N) is 1. The molecule has 1 N–H and O–H groups in total. The van der Waals surface area contributed by atoms with Crippen LogP contribution in [0.5, 0.6) is 5.75 Å². The van der Waals surface area contributed by atoms with Crippen LogP contribution in [-0.2, 0) is 17.8 Å². The van der Waals surface area contributed by atoms with Crippen molar-refractivity contribution in [1.29, 1.82) is 0 Å². The van der Waals surface area contributed by atoms with E-state index in [1.807, 2.05) is 49.6 Å². The zero-order valence-electron chi connectivity index (χ0n) is 20.2. The molecule has 0 bridgehead atoms. The van der Waals surface area contributed by atoms with E-state index in [1.165, 1.54) is 11.3 Å². The minimum Gasteiger partial charge on any atom is -0.497 e. The van der Waals surface area contributed by atoms with E-state index in [0.717, 1.165) is 33.9 Å². The lowest BCUT2D eigenvalue weighted by Gasteiger charge is -2.15. The van der Waals surface area contributed by atoms with Gasteiger partial charge in [-0.3, -0.25) is 14.6 Å². The van der Waals surface area contributed by atoms with Crippen molar-refractivity contribution in [2.45, 2.75) is 33.7 Å². The largest absolute Gasteiger partial charge is 0.497 e. The van der Waals surface area contributed by atoms with E-state index in [0.29, 0.717) is 23.5 Å². The van der Waals surface area contributed by atoms with Crippen LogP contribution < -0.4 is 15.6 Å². The summed E-state index contributed by atoms with van der Waals surface area (Å²) >= 11 is 1.46. The van der Waals surface area contributed by atoms with Crippen LogP contribution in [0.1, 0.15) is 31.9 Å². The molecule has 1 amide bonds. The van der Waals surface area contributed by atoms with Crippen LogP contribution in [0, 0.1) is 5.92 Å². The molecule has 0 saturated heterocycles. The Kier molecular flexibility index (Phi) is 7.41. The van der Waals surface area contributed by atoms with Crippen molar-refractivity contribution in [3.05, 3.63) is 81.8 Å². The highest BCUT2D eigenvalue weighted by atomic mass is 32.1. The highest BCUT2D eigenvalue weighted by Gasteiger charge is 2.16. The first-order valence-electron chi connectivity index (χ1n) is 11.5. The molecule has 7 nitrogen and oxygen atoms in total. The molecule has 0 radical (unpaired) electrons. The molecule has 0 spiro atoms. The summed E-state index contributed by atoms with van der Waals surface area (Å²) in [5.74, 6) is 0.475. The van der Waals surface area contributed by atoms with E-state index in [2.05, 4.69) is 17.2 Å². The number of amides is 1. The van der Waals surface area contributed by atoms with Gasteiger partial charge >= 0.3 is 0 Å². The van der Waals surface area contributed by atoms with Gasteiger partial charge in [0.2, 0.25) is 5.91 Å². The second kappa shape index (κ2) is 10.7. The number of carbonyl (C=O) groups excluding carboxylic acids is 1. The molecular formula is C27H28N4O3S. The minimum absolute atomic E-state index is 0.115. The van der Waals surface area contributed by atoms with Crippen molar-refractivity contribution >= 4 is 22.9 Å². The summed E-state index contributed by atoms with van der Waals surface area (Å²) in [5.41, 5.74) is 4.46. The van der Waals surface area contributed by atoms with Crippen molar-refractivity contribution in [2.24, 2.45) is 5.92 Å². The Hall–Kier alpha value is -3.78. The van der Waals surface area contributed by atoms with Crippen molar-refractivity contribution < 1.29 is 9.53 Å². The predicted molar refractivity (Wildman–Crippen MR) is 140 cm³/mol. The molecule has 35 heavy (non-hydrogen) atoms. The third-order valence-electron chi connectivity index (χ3n) is 5.72. The minimum atomic E-state index is -0.190. The first-order valence-corrected chi connectivity index (χ1v) is 12.3. The fourth-order valence-corrected chi connectivity index (χ4v) is 4.54. The lowest BCUT2D eigenvalue weighted by Crippen LogP contribution is -2.25. The number of ether oxygens (including phenoxy) is 1. The molecule has 180 valence electrons. The highest BCUT2D eigenvalue weighted by Crippen LogP contribution is 2.28. The van der Waals surface area contributed by atoms with Gasteiger partial charge < -0.3 is 14.6 Å². The van der Waals surface area contributed by atoms with Crippen LogP contribution in [0.2, 0.25) is 0 Å². The fraction of sp³-hybridized carbons (Fsp3) is 0.259. The number of benzene rings is 1. The van der Waals surface area contributed by atoms with Crippen LogP contribution in [0.3, 0.4) is 0 Å². The first kappa shape index (κ1) is 24.3. The number of anilines is 1. The van der Waals surface area contributed by atoms with E-state index in [-0.39, 0.29) is 17.4 Å². The van der Waals surface area contributed by atoms with Gasteiger partial charge in [-0.05, 0) is 47.9 Å². The van der Waals surface area contributed by atoms with E-state index >= 15 is 0 Å². The van der Waals surface area contributed by atoms with Crippen molar-refractivity contribution in [3.63, 3.8) is 0 Å². The average Bonchev–Trinajstić information content (AvgIpc) is 3.36. The topological polar surface area (TPSA) is 86.1 Å². The van der Waals surface area contributed by atoms with Crippen molar-refractivity contribution in [3.8, 4) is 27.6 Å². The molecule has 3 aromatic heterocycles. The second-order valence-electron chi connectivity index (χ2n) is 8.48. The van der Waals surface area contributed by atoms with Gasteiger partial charge in [-0.25, -0.2) is 4.98 Å². The molecule has 3 heterocycles. The predicted octanol–water partition coefficient (Wildman–Crippen LogP) is 5.25. The van der Waals surface area contributed by atoms with Gasteiger partial charge in [-0.15, -0.1) is 11.3 Å². The van der Waals surface area contributed by atoms with Crippen molar-refractivity contribution in [2.75, 3.05) is 12.4 Å².